The summed E-state index contributed by atoms with van der Waals surface area (Å²) in [6.07, 6.45) is 2.53. The predicted molar refractivity (Wildman–Crippen MR) is 118 cm³/mol. The first-order chi connectivity index (χ1) is 14.0. The average molecular weight is 407 g/mol. The molecule has 1 aliphatic rings. The molecule has 0 aromatic heterocycles. The first kappa shape index (κ1) is 23.1. The van der Waals surface area contributed by atoms with Crippen molar-refractivity contribution in [1.29, 1.82) is 0 Å². The molecule has 0 spiro atoms. The van der Waals surface area contributed by atoms with Crippen molar-refractivity contribution in [1.82, 2.24) is 15.5 Å². The van der Waals surface area contributed by atoms with Gasteiger partial charge in [0.05, 0.1) is 27.9 Å². The topological polar surface area (TPSA) is 67.4 Å². The van der Waals surface area contributed by atoms with Crippen LogP contribution in [0.2, 0.25) is 0 Å². The van der Waals surface area contributed by atoms with Crippen LogP contribution in [0.15, 0.2) is 17.1 Å². The number of hydrogen-bond donors (Lipinski definition) is 2. The highest BCUT2D eigenvalue weighted by Gasteiger charge is 2.21. The minimum absolute atomic E-state index is 0.523. The molecule has 0 saturated carbocycles. The number of guanidine groups is 1. The molecule has 2 N–H and O–H groups in total. The molecule has 7 nitrogen and oxygen atoms in total. The van der Waals surface area contributed by atoms with Crippen LogP contribution < -0.4 is 24.8 Å². The van der Waals surface area contributed by atoms with Crippen molar-refractivity contribution in [3.8, 4) is 17.2 Å². The van der Waals surface area contributed by atoms with Gasteiger partial charge in [0.1, 0.15) is 0 Å². The van der Waals surface area contributed by atoms with Crippen LogP contribution in [0, 0.1) is 5.92 Å². The summed E-state index contributed by atoms with van der Waals surface area (Å²) >= 11 is 0. The summed E-state index contributed by atoms with van der Waals surface area (Å²) < 4.78 is 16.3. The molecule has 1 atom stereocenters. The molecule has 29 heavy (non-hydrogen) atoms. The summed E-state index contributed by atoms with van der Waals surface area (Å²) in [6, 6.07) is 4.49. The zero-order chi connectivity index (χ0) is 21.2. The summed E-state index contributed by atoms with van der Waals surface area (Å²) in [5.74, 6) is 3.37. The molecule has 1 fully saturated rings. The molecular weight excluding hydrogens is 368 g/mol. The van der Waals surface area contributed by atoms with Gasteiger partial charge in [-0.3, -0.25) is 0 Å². The zero-order valence-corrected chi connectivity index (χ0v) is 18.9. The number of nitrogens with one attached hydrogen (secondary N) is 2. The van der Waals surface area contributed by atoms with Gasteiger partial charge >= 0.3 is 0 Å². The van der Waals surface area contributed by atoms with E-state index in [4.69, 9.17) is 19.2 Å². The van der Waals surface area contributed by atoms with E-state index >= 15 is 0 Å². The van der Waals surface area contributed by atoms with E-state index in [0.29, 0.717) is 35.8 Å². The number of rotatable bonds is 9. The van der Waals surface area contributed by atoms with Crippen LogP contribution in [0.25, 0.3) is 0 Å². The standard InChI is InChI=1S/C22H38N4O3/c1-7-23-22(24-13-17-9-8-10-26(15-17)16(2)3)25-14-18-11-19(27-4)21(29-6)20(12-18)28-5/h11-12,16-17H,7-10,13-15H2,1-6H3,(H2,23,24,25). The highest BCUT2D eigenvalue weighted by Crippen LogP contribution is 2.38. The van der Waals surface area contributed by atoms with Gasteiger partial charge in [-0.1, -0.05) is 0 Å². The van der Waals surface area contributed by atoms with Gasteiger partial charge in [0, 0.05) is 25.7 Å². The van der Waals surface area contributed by atoms with Crippen LogP contribution in [0.5, 0.6) is 17.2 Å². The van der Waals surface area contributed by atoms with E-state index in [0.717, 1.165) is 31.2 Å². The summed E-state index contributed by atoms with van der Waals surface area (Å²) in [7, 11) is 4.86. The van der Waals surface area contributed by atoms with E-state index in [2.05, 4.69) is 36.3 Å². The number of hydrogen-bond acceptors (Lipinski definition) is 5. The second-order valence-electron chi connectivity index (χ2n) is 7.71. The average Bonchev–Trinajstić information content (AvgIpc) is 2.74. The van der Waals surface area contributed by atoms with Crippen LogP contribution in [-0.4, -0.2) is 64.4 Å². The molecule has 1 unspecified atom stereocenters. The van der Waals surface area contributed by atoms with E-state index in [-0.39, 0.29) is 0 Å². The lowest BCUT2D eigenvalue weighted by atomic mass is 9.97. The molecular formula is C22H38N4O3. The van der Waals surface area contributed by atoms with Crippen LogP contribution in [0.4, 0.5) is 0 Å². The molecule has 7 heteroatoms. The molecule has 1 aliphatic heterocycles. The highest BCUT2D eigenvalue weighted by molar-refractivity contribution is 5.79. The third-order valence-electron chi connectivity index (χ3n) is 5.33. The first-order valence-corrected chi connectivity index (χ1v) is 10.6. The molecule has 1 aromatic rings. The summed E-state index contributed by atoms with van der Waals surface area (Å²) in [5.41, 5.74) is 1.00. The summed E-state index contributed by atoms with van der Waals surface area (Å²) in [6.45, 7) is 11.3. The van der Waals surface area contributed by atoms with Gasteiger partial charge in [-0.15, -0.1) is 0 Å². The van der Waals surface area contributed by atoms with Gasteiger partial charge in [0.25, 0.3) is 0 Å². The second-order valence-corrected chi connectivity index (χ2v) is 7.71. The van der Waals surface area contributed by atoms with Crippen LogP contribution in [0.3, 0.4) is 0 Å². The van der Waals surface area contributed by atoms with Crippen molar-refractivity contribution in [3.05, 3.63) is 17.7 Å². The lowest BCUT2D eigenvalue weighted by Gasteiger charge is -2.35. The van der Waals surface area contributed by atoms with Crippen molar-refractivity contribution < 1.29 is 14.2 Å². The SMILES string of the molecule is CCNC(=NCc1cc(OC)c(OC)c(OC)c1)NCC1CCCN(C(C)C)C1. The number of likely N-dealkylation sites (tertiary alicyclic amines) is 1. The number of aliphatic imine (C=N–C) groups is 1. The smallest absolute Gasteiger partial charge is 0.203 e. The summed E-state index contributed by atoms with van der Waals surface area (Å²) in [4.78, 5) is 7.32. The van der Waals surface area contributed by atoms with Gasteiger partial charge < -0.3 is 29.7 Å². The lowest BCUT2D eigenvalue weighted by molar-refractivity contribution is 0.141. The second kappa shape index (κ2) is 11.8. The number of methoxy groups -OCH3 is 3. The Labute approximate surface area is 175 Å². The Balaban J connectivity index is 2.03. The molecule has 2 rings (SSSR count). The molecule has 0 radical (unpaired) electrons. The van der Waals surface area contributed by atoms with Gasteiger partial charge in [-0.2, -0.15) is 0 Å². The lowest BCUT2D eigenvalue weighted by Crippen LogP contribution is -2.46. The maximum atomic E-state index is 5.44. The molecule has 1 saturated heterocycles. The quantitative estimate of drug-likeness (QED) is 0.486. The predicted octanol–water partition coefficient (Wildman–Crippen LogP) is 2.89. The van der Waals surface area contributed by atoms with Crippen LogP contribution in [0.1, 0.15) is 39.2 Å². The van der Waals surface area contributed by atoms with Gasteiger partial charge in [0.2, 0.25) is 5.75 Å². The number of piperidine rings is 1. The monoisotopic (exact) mass is 406 g/mol. The molecule has 0 aliphatic carbocycles. The van der Waals surface area contributed by atoms with E-state index in [9.17, 15) is 0 Å². The third kappa shape index (κ3) is 6.70. The Hall–Kier alpha value is -2.15. The maximum absolute atomic E-state index is 5.44. The van der Waals surface area contributed by atoms with Crippen molar-refractivity contribution in [2.45, 2.75) is 46.2 Å². The first-order valence-electron chi connectivity index (χ1n) is 10.6. The minimum Gasteiger partial charge on any atom is -0.493 e. The van der Waals surface area contributed by atoms with Gasteiger partial charge in [-0.05, 0) is 63.8 Å². The molecule has 1 heterocycles. The van der Waals surface area contributed by atoms with Crippen LogP contribution in [-0.2, 0) is 6.54 Å². The Bertz CT molecular complexity index is 638. The van der Waals surface area contributed by atoms with Crippen molar-refractivity contribution in [2.24, 2.45) is 10.9 Å². The number of ether oxygens (including phenoxy) is 3. The normalized spacial score (nSPS) is 17.9. The Morgan fingerprint density at radius 2 is 1.83 bits per heavy atom. The van der Waals surface area contributed by atoms with E-state index in [1.165, 1.54) is 19.4 Å². The minimum atomic E-state index is 0.523. The van der Waals surface area contributed by atoms with Gasteiger partial charge in [-0.25, -0.2) is 4.99 Å². The molecule has 164 valence electrons. The third-order valence-corrected chi connectivity index (χ3v) is 5.33. The number of benzene rings is 1. The molecule has 0 amide bonds. The van der Waals surface area contributed by atoms with Crippen molar-refractivity contribution in [2.75, 3.05) is 47.5 Å². The zero-order valence-electron chi connectivity index (χ0n) is 18.9. The Morgan fingerprint density at radius 3 is 2.38 bits per heavy atom. The fourth-order valence-corrected chi connectivity index (χ4v) is 3.71. The van der Waals surface area contributed by atoms with E-state index < -0.39 is 0 Å². The van der Waals surface area contributed by atoms with Crippen LogP contribution >= 0.6 is 0 Å². The fourth-order valence-electron chi connectivity index (χ4n) is 3.71. The maximum Gasteiger partial charge on any atom is 0.203 e. The fraction of sp³-hybridized carbons (Fsp3) is 0.682. The Kier molecular flexibility index (Phi) is 9.38. The van der Waals surface area contributed by atoms with Crippen molar-refractivity contribution in [3.63, 3.8) is 0 Å². The van der Waals surface area contributed by atoms with Gasteiger partial charge in [0.15, 0.2) is 17.5 Å². The number of nitrogens with zero attached hydrogens (tertiary/aromatic N) is 2. The van der Waals surface area contributed by atoms with E-state index in [1.807, 2.05) is 12.1 Å². The highest BCUT2D eigenvalue weighted by atomic mass is 16.5. The largest absolute Gasteiger partial charge is 0.493 e. The molecule has 0 bridgehead atoms. The van der Waals surface area contributed by atoms with Crippen molar-refractivity contribution >= 4 is 5.96 Å². The summed E-state index contributed by atoms with van der Waals surface area (Å²) in [5, 5.41) is 6.87. The molecule has 1 aromatic carbocycles. The van der Waals surface area contributed by atoms with E-state index in [1.54, 1.807) is 21.3 Å². The Morgan fingerprint density at radius 1 is 1.14 bits per heavy atom.